The van der Waals surface area contributed by atoms with Gasteiger partial charge in [-0.3, -0.25) is 9.59 Å². The molecule has 1 aliphatic rings. The Morgan fingerprint density at radius 3 is 2.44 bits per heavy atom. The van der Waals surface area contributed by atoms with E-state index in [9.17, 15) is 18.0 Å². The molecule has 2 amide bonds. The number of amides is 2. The van der Waals surface area contributed by atoms with Crippen LogP contribution in [0.3, 0.4) is 0 Å². The maximum Gasteiger partial charge on any atom is 0.255 e. The van der Waals surface area contributed by atoms with Gasteiger partial charge in [0.15, 0.2) is 0 Å². The van der Waals surface area contributed by atoms with Crippen molar-refractivity contribution in [1.82, 2.24) is 4.31 Å². The first-order valence-corrected chi connectivity index (χ1v) is 12.6. The standard InChI is InChI=1S/C24H31N3O4S/c1-3-8-23(28)25-20-10-7-9-18(17-20)24(29)26-19-12-14-22(15-13-19)32(30,31)27-16-6-5-11-21(27)4-2/h7,9-10,12-15,17,21H,3-6,8,11,16H2,1-2H3,(H,25,28)(H,26,29). The van der Waals surface area contributed by atoms with Crippen LogP contribution in [0, 0.1) is 0 Å². The maximum absolute atomic E-state index is 13.1. The summed E-state index contributed by atoms with van der Waals surface area (Å²) < 4.78 is 27.8. The smallest absolute Gasteiger partial charge is 0.255 e. The van der Waals surface area contributed by atoms with Gasteiger partial charge in [0.1, 0.15) is 0 Å². The van der Waals surface area contributed by atoms with E-state index in [1.165, 1.54) is 12.1 Å². The maximum atomic E-state index is 13.1. The van der Waals surface area contributed by atoms with E-state index in [-0.39, 0.29) is 22.8 Å². The first-order valence-electron chi connectivity index (χ1n) is 11.2. The SMILES string of the molecule is CCCC(=O)Nc1cccc(C(=O)Nc2ccc(S(=O)(=O)N3CCCCC3CC)cc2)c1. The molecule has 1 atom stereocenters. The molecule has 1 saturated heterocycles. The molecule has 7 nitrogen and oxygen atoms in total. The van der Waals surface area contributed by atoms with Gasteiger partial charge in [-0.25, -0.2) is 8.42 Å². The molecule has 1 aliphatic heterocycles. The molecule has 1 unspecified atom stereocenters. The van der Waals surface area contributed by atoms with Gasteiger partial charge in [-0.05, 0) is 68.1 Å². The van der Waals surface area contributed by atoms with E-state index in [0.29, 0.717) is 29.9 Å². The van der Waals surface area contributed by atoms with E-state index < -0.39 is 10.0 Å². The highest BCUT2D eigenvalue weighted by molar-refractivity contribution is 7.89. The number of hydrogen-bond donors (Lipinski definition) is 2. The summed E-state index contributed by atoms with van der Waals surface area (Å²) in [6.07, 6.45) is 4.78. The number of carbonyl (C=O) groups excluding carboxylic acids is 2. The lowest BCUT2D eigenvalue weighted by atomic mass is 10.0. The molecule has 0 saturated carbocycles. The Morgan fingerprint density at radius 2 is 1.75 bits per heavy atom. The Kier molecular flexibility index (Phi) is 8.04. The molecule has 0 bridgehead atoms. The van der Waals surface area contributed by atoms with Gasteiger partial charge < -0.3 is 10.6 Å². The van der Waals surface area contributed by atoms with Crippen molar-refractivity contribution in [3.63, 3.8) is 0 Å². The van der Waals surface area contributed by atoms with Gasteiger partial charge in [-0.1, -0.05) is 26.3 Å². The first kappa shape index (κ1) is 23.9. The summed E-state index contributed by atoms with van der Waals surface area (Å²) in [5.41, 5.74) is 1.46. The van der Waals surface area contributed by atoms with Crippen LogP contribution in [-0.4, -0.2) is 37.1 Å². The Morgan fingerprint density at radius 1 is 1.00 bits per heavy atom. The summed E-state index contributed by atoms with van der Waals surface area (Å²) in [7, 11) is -3.56. The van der Waals surface area contributed by atoms with Crippen molar-refractivity contribution >= 4 is 33.2 Å². The molecule has 2 N–H and O–H groups in total. The molecular formula is C24H31N3O4S. The molecule has 1 fully saturated rings. The lowest BCUT2D eigenvalue weighted by Crippen LogP contribution is -2.43. The third kappa shape index (κ3) is 5.75. The van der Waals surface area contributed by atoms with Crippen LogP contribution in [0.25, 0.3) is 0 Å². The largest absolute Gasteiger partial charge is 0.326 e. The zero-order chi connectivity index (χ0) is 23.1. The van der Waals surface area contributed by atoms with E-state index >= 15 is 0 Å². The normalized spacial score (nSPS) is 17.0. The number of nitrogens with zero attached hydrogens (tertiary/aromatic N) is 1. The summed E-state index contributed by atoms with van der Waals surface area (Å²) in [6.45, 7) is 4.49. The lowest BCUT2D eigenvalue weighted by Gasteiger charge is -2.34. The molecule has 2 aromatic carbocycles. The van der Waals surface area contributed by atoms with Crippen LogP contribution < -0.4 is 10.6 Å². The topological polar surface area (TPSA) is 95.6 Å². The van der Waals surface area contributed by atoms with E-state index in [4.69, 9.17) is 0 Å². The van der Waals surface area contributed by atoms with E-state index in [2.05, 4.69) is 10.6 Å². The van der Waals surface area contributed by atoms with Crippen molar-refractivity contribution in [2.45, 2.75) is 63.3 Å². The predicted molar refractivity (Wildman–Crippen MR) is 126 cm³/mol. The minimum atomic E-state index is -3.56. The Balaban J connectivity index is 1.69. The minimum absolute atomic E-state index is 0.0400. The number of hydrogen-bond acceptors (Lipinski definition) is 4. The lowest BCUT2D eigenvalue weighted by molar-refractivity contribution is -0.116. The molecule has 1 heterocycles. The predicted octanol–water partition coefficient (Wildman–Crippen LogP) is 4.63. The van der Waals surface area contributed by atoms with E-state index in [1.54, 1.807) is 40.7 Å². The van der Waals surface area contributed by atoms with Crippen molar-refractivity contribution < 1.29 is 18.0 Å². The van der Waals surface area contributed by atoms with Gasteiger partial charge in [0.2, 0.25) is 15.9 Å². The van der Waals surface area contributed by atoms with Crippen LogP contribution in [0.5, 0.6) is 0 Å². The molecule has 0 aliphatic carbocycles. The van der Waals surface area contributed by atoms with Crippen molar-refractivity contribution in [2.75, 3.05) is 17.2 Å². The number of anilines is 2. The van der Waals surface area contributed by atoms with E-state index in [1.807, 2.05) is 13.8 Å². The average Bonchev–Trinajstić information content (AvgIpc) is 2.79. The van der Waals surface area contributed by atoms with Crippen LogP contribution in [0.2, 0.25) is 0 Å². The first-order chi connectivity index (χ1) is 15.3. The summed E-state index contributed by atoms with van der Waals surface area (Å²) in [6, 6.07) is 13.0. The van der Waals surface area contributed by atoms with Crippen LogP contribution in [0.1, 0.15) is 62.7 Å². The second-order valence-corrected chi connectivity index (χ2v) is 9.92. The summed E-state index contributed by atoms with van der Waals surface area (Å²) >= 11 is 0. The summed E-state index contributed by atoms with van der Waals surface area (Å²) in [5.74, 6) is -0.435. The highest BCUT2D eigenvalue weighted by Gasteiger charge is 2.32. The Bertz CT molecular complexity index is 1050. The number of nitrogens with one attached hydrogen (secondary N) is 2. The van der Waals surface area contributed by atoms with Crippen molar-refractivity contribution in [1.29, 1.82) is 0 Å². The number of sulfonamides is 1. The third-order valence-electron chi connectivity index (χ3n) is 5.65. The molecule has 0 spiro atoms. The molecule has 3 rings (SSSR count). The molecular weight excluding hydrogens is 426 g/mol. The fourth-order valence-electron chi connectivity index (χ4n) is 3.94. The van der Waals surface area contributed by atoms with Crippen LogP contribution in [0.4, 0.5) is 11.4 Å². The molecule has 8 heteroatoms. The van der Waals surface area contributed by atoms with Crippen molar-refractivity contribution in [2.24, 2.45) is 0 Å². The quantitative estimate of drug-likeness (QED) is 0.604. The molecule has 2 aromatic rings. The minimum Gasteiger partial charge on any atom is -0.326 e. The highest BCUT2D eigenvalue weighted by Crippen LogP contribution is 2.27. The van der Waals surface area contributed by atoms with Crippen molar-refractivity contribution in [3.05, 3.63) is 54.1 Å². The van der Waals surface area contributed by atoms with Gasteiger partial charge >= 0.3 is 0 Å². The zero-order valence-electron chi connectivity index (χ0n) is 18.6. The van der Waals surface area contributed by atoms with Crippen molar-refractivity contribution in [3.8, 4) is 0 Å². The summed E-state index contributed by atoms with van der Waals surface area (Å²) in [4.78, 5) is 24.7. The summed E-state index contributed by atoms with van der Waals surface area (Å²) in [5, 5.41) is 5.56. The van der Waals surface area contributed by atoms with E-state index in [0.717, 1.165) is 32.1 Å². The average molecular weight is 458 g/mol. The van der Waals surface area contributed by atoms with Gasteiger partial charge in [0, 0.05) is 35.9 Å². The van der Waals surface area contributed by atoms with Gasteiger partial charge in [0.05, 0.1) is 4.90 Å². The van der Waals surface area contributed by atoms with Gasteiger partial charge in [-0.2, -0.15) is 4.31 Å². The Hall–Kier alpha value is -2.71. The van der Waals surface area contributed by atoms with Crippen LogP contribution in [-0.2, 0) is 14.8 Å². The number of benzene rings is 2. The van der Waals surface area contributed by atoms with Crippen LogP contribution >= 0.6 is 0 Å². The third-order valence-corrected chi connectivity index (χ3v) is 7.61. The fourth-order valence-corrected chi connectivity index (χ4v) is 5.70. The molecule has 0 aromatic heterocycles. The number of carbonyl (C=O) groups is 2. The molecule has 32 heavy (non-hydrogen) atoms. The Labute approximate surface area is 190 Å². The van der Waals surface area contributed by atoms with Gasteiger partial charge in [-0.15, -0.1) is 0 Å². The van der Waals surface area contributed by atoms with Crippen LogP contribution in [0.15, 0.2) is 53.4 Å². The molecule has 0 radical (unpaired) electrons. The number of piperidine rings is 1. The van der Waals surface area contributed by atoms with Gasteiger partial charge in [0.25, 0.3) is 5.91 Å². The molecule has 172 valence electrons. The second-order valence-electron chi connectivity index (χ2n) is 8.03. The monoisotopic (exact) mass is 457 g/mol. The fraction of sp³-hybridized carbons (Fsp3) is 0.417. The highest BCUT2D eigenvalue weighted by atomic mass is 32.2. The number of rotatable bonds is 8. The second kappa shape index (κ2) is 10.7. The zero-order valence-corrected chi connectivity index (χ0v) is 19.5.